The second-order valence-electron chi connectivity index (χ2n) is 5.32. The SMILES string of the molecule is O=S(=O)(c1ccccc1Br)N1CCNCC1c1cccc(F)c1. The van der Waals surface area contributed by atoms with Gasteiger partial charge in [-0.05, 0) is 45.8 Å². The zero-order valence-electron chi connectivity index (χ0n) is 12.2. The summed E-state index contributed by atoms with van der Waals surface area (Å²) in [4.78, 5) is 0.225. The van der Waals surface area contributed by atoms with Crippen LogP contribution < -0.4 is 5.32 Å². The molecule has 0 aliphatic carbocycles. The van der Waals surface area contributed by atoms with Crippen molar-refractivity contribution in [2.75, 3.05) is 19.6 Å². The van der Waals surface area contributed by atoms with E-state index in [0.717, 1.165) is 0 Å². The lowest BCUT2D eigenvalue weighted by atomic mass is 10.1. The van der Waals surface area contributed by atoms with Gasteiger partial charge in [0.25, 0.3) is 0 Å². The fraction of sp³-hybridized carbons (Fsp3) is 0.250. The van der Waals surface area contributed by atoms with Crippen LogP contribution in [0.5, 0.6) is 0 Å². The van der Waals surface area contributed by atoms with Gasteiger partial charge in [-0.3, -0.25) is 0 Å². The van der Waals surface area contributed by atoms with Crippen LogP contribution in [-0.4, -0.2) is 32.4 Å². The molecule has 1 aliphatic heterocycles. The van der Waals surface area contributed by atoms with Crippen LogP contribution in [0.2, 0.25) is 0 Å². The molecule has 1 saturated heterocycles. The van der Waals surface area contributed by atoms with Crippen LogP contribution in [-0.2, 0) is 10.0 Å². The molecule has 0 amide bonds. The van der Waals surface area contributed by atoms with Gasteiger partial charge in [0.2, 0.25) is 10.0 Å². The minimum Gasteiger partial charge on any atom is -0.313 e. The number of hydrogen-bond donors (Lipinski definition) is 1. The van der Waals surface area contributed by atoms with Gasteiger partial charge in [-0.25, -0.2) is 12.8 Å². The van der Waals surface area contributed by atoms with Crippen molar-refractivity contribution in [3.8, 4) is 0 Å². The molecule has 0 aromatic heterocycles. The average Bonchev–Trinajstić information content (AvgIpc) is 2.55. The van der Waals surface area contributed by atoms with Gasteiger partial charge < -0.3 is 5.32 Å². The number of piperazine rings is 1. The van der Waals surface area contributed by atoms with Crippen LogP contribution in [0.4, 0.5) is 4.39 Å². The molecule has 0 bridgehead atoms. The maximum Gasteiger partial charge on any atom is 0.244 e. The summed E-state index contributed by atoms with van der Waals surface area (Å²) in [6, 6.07) is 12.4. The number of halogens is 2. The highest BCUT2D eigenvalue weighted by Crippen LogP contribution is 2.32. The van der Waals surface area contributed by atoms with Crippen LogP contribution in [0.25, 0.3) is 0 Å². The normalized spacial score (nSPS) is 19.7. The van der Waals surface area contributed by atoms with E-state index in [1.165, 1.54) is 16.4 Å². The molecule has 0 spiro atoms. The summed E-state index contributed by atoms with van der Waals surface area (Å²) in [6.07, 6.45) is 0. The average molecular weight is 399 g/mol. The Labute approximate surface area is 143 Å². The van der Waals surface area contributed by atoms with Gasteiger partial charge in [-0.1, -0.05) is 24.3 Å². The molecule has 122 valence electrons. The first-order chi connectivity index (χ1) is 11.0. The van der Waals surface area contributed by atoms with Crippen LogP contribution >= 0.6 is 15.9 Å². The molecule has 23 heavy (non-hydrogen) atoms. The number of rotatable bonds is 3. The molecular formula is C16H16BrFN2O2S. The van der Waals surface area contributed by atoms with Crippen molar-refractivity contribution >= 4 is 26.0 Å². The van der Waals surface area contributed by atoms with Gasteiger partial charge >= 0.3 is 0 Å². The molecular weight excluding hydrogens is 383 g/mol. The number of nitrogens with zero attached hydrogens (tertiary/aromatic N) is 1. The van der Waals surface area contributed by atoms with Gasteiger partial charge in [-0.15, -0.1) is 0 Å². The van der Waals surface area contributed by atoms with Gasteiger partial charge in [0.05, 0.1) is 10.9 Å². The summed E-state index contributed by atoms with van der Waals surface area (Å²) >= 11 is 3.31. The summed E-state index contributed by atoms with van der Waals surface area (Å²) in [7, 11) is -3.68. The minimum atomic E-state index is -3.68. The zero-order chi connectivity index (χ0) is 16.4. The van der Waals surface area contributed by atoms with Gasteiger partial charge in [0.15, 0.2) is 0 Å². The summed E-state index contributed by atoms with van der Waals surface area (Å²) < 4.78 is 41.6. The second-order valence-corrected chi connectivity index (χ2v) is 8.03. The lowest BCUT2D eigenvalue weighted by molar-refractivity contribution is 0.271. The van der Waals surface area contributed by atoms with Gasteiger partial charge in [-0.2, -0.15) is 4.31 Å². The van der Waals surface area contributed by atoms with Gasteiger partial charge in [0, 0.05) is 24.1 Å². The Morgan fingerprint density at radius 2 is 1.96 bits per heavy atom. The Balaban J connectivity index is 2.03. The van der Waals surface area contributed by atoms with Crippen LogP contribution in [0.1, 0.15) is 11.6 Å². The lowest BCUT2D eigenvalue weighted by Gasteiger charge is -2.35. The van der Waals surface area contributed by atoms with Crippen LogP contribution in [0.15, 0.2) is 57.9 Å². The molecule has 4 nitrogen and oxygen atoms in total. The summed E-state index contributed by atoms with van der Waals surface area (Å²) in [5.74, 6) is -0.369. The van der Waals surface area contributed by atoms with E-state index in [1.54, 1.807) is 36.4 Å². The molecule has 2 aromatic carbocycles. The topological polar surface area (TPSA) is 49.4 Å². The van der Waals surface area contributed by atoms with E-state index >= 15 is 0 Å². The molecule has 0 saturated carbocycles. The van der Waals surface area contributed by atoms with Crippen molar-refractivity contribution in [3.63, 3.8) is 0 Å². The van der Waals surface area contributed by atoms with Crippen molar-refractivity contribution in [2.24, 2.45) is 0 Å². The summed E-state index contributed by atoms with van der Waals surface area (Å²) in [5.41, 5.74) is 0.646. The second kappa shape index (κ2) is 6.68. The first-order valence-electron chi connectivity index (χ1n) is 7.23. The van der Waals surface area contributed by atoms with E-state index in [-0.39, 0.29) is 10.7 Å². The summed E-state index contributed by atoms with van der Waals surface area (Å²) in [5, 5.41) is 3.18. The van der Waals surface area contributed by atoms with Crippen LogP contribution in [0, 0.1) is 5.82 Å². The first kappa shape index (κ1) is 16.6. The highest BCUT2D eigenvalue weighted by molar-refractivity contribution is 9.10. The van der Waals surface area contributed by atoms with E-state index < -0.39 is 16.1 Å². The van der Waals surface area contributed by atoms with Crippen LogP contribution in [0.3, 0.4) is 0 Å². The zero-order valence-corrected chi connectivity index (χ0v) is 14.6. The molecule has 1 atom stereocenters. The van der Waals surface area contributed by atoms with Crippen molar-refractivity contribution in [1.29, 1.82) is 0 Å². The van der Waals surface area contributed by atoms with Crippen molar-refractivity contribution in [1.82, 2.24) is 9.62 Å². The third kappa shape index (κ3) is 3.33. The highest BCUT2D eigenvalue weighted by Gasteiger charge is 2.35. The van der Waals surface area contributed by atoms with Crippen molar-refractivity contribution < 1.29 is 12.8 Å². The number of hydrogen-bond acceptors (Lipinski definition) is 3. The monoisotopic (exact) mass is 398 g/mol. The predicted octanol–water partition coefficient (Wildman–Crippen LogP) is 2.92. The molecule has 1 heterocycles. The number of sulfonamides is 1. The van der Waals surface area contributed by atoms with E-state index in [2.05, 4.69) is 21.2 Å². The number of nitrogens with one attached hydrogen (secondary N) is 1. The Morgan fingerprint density at radius 3 is 2.70 bits per heavy atom. The third-order valence-corrected chi connectivity index (χ3v) is 6.77. The van der Waals surface area contributed by atoms with Gasteiger partial charge in [0.1, 0.15) is 5.82 Å². The Kier molecular flexibility index (Phi) is 4.82. The smallest absolute Gasteiger partial charge is 0.244 e. The number of benzene rings is 2. The third-order valence-electron chi connectivity index (χ3n) is 3.85. The maximum absolute atomic E-state index is 13.5. The van der Waals surface area contributed by atoms with E-state index in [1.807, 2.05) is 0 Å². The van der Waals surface area contributed by atoms with E-state index in [9.17, 15) is 12.8 Å². The lowest BCUT2D eigenvalue weighted by Crippen LogP contribution is -2.48. The van der Waals surface area contributed by atoms with E-state index in [0.29, 0.717) is 29.7 Å². The largest absolute Gasteiger partial charge is 0.313 e. The molecule has 2 aromatic rings. The quantitative estimate of drug-likeness (QED) is 0.864. The van der Waals surface area contributed by atoms with Crippen molar-refractivity contribution in [2.45, 2.75) is 10.9 Å². The Bertz CT molecular complexity index is 813. The fourth-order valence-electron chi connectivity index (χ4n) is 2.75. The van der Waals surface area contributed by atoms with E-state index in [4.69, 9.17) is 0 Å². The predicted molar refractivity (Wildman–Crippen MR) is 90.0 cm³/mol. The maximum atomic E-state index is 13.5. The molecule has 7 heteroatoms. The molecule has 1 N–H and O–H groups in total. The standard InChI is InChI=1S/C16H16BrFN2O2S/c17-14-6-1-2-7-16(14)23(21,22)20-9-8-19-11-15(20)12-4-3-5-13(18)10-12/h1-7,10,15,19H,8-9,11H2. The molecule has 3 rings (SSSR count). The Morgan fingerprint density at radius 1 is 1.17 bits per heavy atom. The fourth-order valence-corrected chi connectivity index (χ4v) is 5.33. The summed E-state index contributed by atoms with van der Waals surface area (Å²) in [6.45, 7) is 1.35. The Hall–Kier alpha value is -1.28. The molecule has 0 radical (unpaired) electrons. The minimum absolute atomic E-state index is 0.225. The first-order valence-corrected chi connectivity index (χ1v) is 9.46. The molecule has 1 unspecified atom stereocenters. The molecule has 1 fully saturated rings. The van der Waals surface area contributed by atoms with Crippen molar-refractivity contribution in [3.05, 3.63) is 64.4 Å². The highest BCUT2D eigenvalue weighted by atomic mass is 79.9. The molecule has 1 aliphatic rings.